The molecular formula is C11H12BClNO2. The molecule has 0 heterocycles. The highest BCUT2D eigenvalue weighted by atomic mass is 35.5. The molecule has 0 aliphatic carbocycles. The van der Waals surface area contributed by atoms with Crippen LogP contribution in [0.3, 0.4) is 0 Å². The number of Topliss-reactive ketones (excluding diaryl/α,β-unsaturated/α-hetero) is 1. The fourth-order valence-electron chi connectivity index (χ4n) is 1.34. The first-order chi connectivity index (χ1) is 7.77. The largest absolute Gasteiger partial charge is 0.555 e. The highest BCUT2D eigenvalue weighted by Gasteiger charge is 2.21. The minimum Gasteiger partial charge on any atom is -0.555 e. The fraction of sp³-hybridized carbons (Fsp3) is 0.273. The third-order valence-electron chi connectivity index (χ3n) is 2.15. The number of nitrogens with one attached hydrogen (secondary N) is 1. The Labute approximate surface area is 101 Å². The van der Waals surface area contributed by atoms with Crippen molar-refractivity contribution in [1.82, 2.24) is 0 Å². The Hall–Kier alpha value is -1.29. The van der Waals surface area contributed by atoms with Crippen LogP contribution >= 0.6 is 11.6 Å². The van der Waals surface area contributed by atoms with E-state index in [1.54, 1.807) is 0 Å². The Balaban J connectivity index is 2.63. The number of benzene rings is 1. The summed E-state index contributed by atoms with van der Waals surface area (Å²) in [6.07, 6.45) is 1.33. The van der Waals surface area contributed by atoms with Gasteiger partial charge in [-0.15, -0.1) is 11.6 Å². The second-order valence-corrected chi connectivity index (χ2v) is 3.55. The fourth-order valence-corrected chi connectivity index (χ4v) is 1.54. The van der Waals surface area contributed by atoms with E-state index in [0.717, 1.165) is 12.0 Å². The maximum atomic E-state index is 11.5. The van der Waals surface area contributed by atoms with Gasteiger partial charge in [-0.2, -0.15) is 0 Å². The van der Waals surface area contributed by atoms with Gasteiger partial charge < -0.3 is 4.65 Å². The van der Waals surface area contributed by atoms with E-state index in [9.17, 15) is 4.79 Å². The topological polar surface area (TPSA) is 50.1 Å². The predicted molar refractivity (Wildman–Crippen MR) is 65.2 cm³/mol. The molecule has 5 heteroatoms. The first-order valence-corrected chi connectivity index (χ1v) is 5.41. The van der Waals surface area contributed by atoms with Gasteiger partial charge in [0.05, 0.1) is 5.88 Å². The summed E-state index contributed by atoms with van der Waals surface area (Å²) in [7, 11) is 1.35. The first-order valence-electron chi connectivity index (χ1n) is 4.88. The van der Waals surface area contributed by atoms with Crippen LogP contribution in [0.1, 0.15) is 5.56 Å². The molecule has 1 aromatic rings. The Morgan fingerprint density at radius 1 is 1.50 bits per heavy atom. The Morgan fingerprint density at radius 3 is 2.75 bits per heavy atom. The SMILES string of the molecule is N=CO[B][C@@H](Cc1ccccc1)C(=O)CCl. The lowest BCUT2D eigenvalue weighted by Gasteiger charge is -2.11. The van der Waals surface area contributed by atoms with Crippen molar-refractivity contribution in [2.24, 2.45) is 0 Å². The lowest BCUT2D eigenvalue weighted by Crippen LogP contribution is -2.20. The zero-order valence-corrected chi connectivity index (χ0v) is 9.48. The third kappa shape index (κ3) is 4.07. The molecule has 1 atom stereocenters. The van der Waals surface area contributed by atoms with E-state index in [0.29, 0.717) is 6.42 Å². The van der Waals surface area contributed by atoms with Crippen LogP contribution in [0.15, 0.2) is 30.3 Å². The molecule has 0 aliphatic heterocycles. The van der Waals surface area contributed by atoms with Gasteiger partial charge in [-0.1, -0.05) is 30.3 Å². The summed E-state index contributed by atoms with van der Waals surface area (Å²) < 4.78 is 4.73. The minimum atomic E-state index is -0.401. The van der Waals surface area contributed by atoms with E-state index in [1.165, 1.54) is 7.48 Å². The van der Waals surface area contributed by atoms with Crippen LogP contribution in [0.25, 0.3) is 0 Å². The molecule has 0 saturated carbocycles. The molecule has 1 radical (unpaired) electrons. The van der Waals surface area contributed by atoms with Crippen molar-refractivity contribution in [2.45, 2.75) is 12.2 Å². The number of carbonyl (C=O) groups is 1. The molecular weight excluding hydrogens is 224 g/mol. The number of carbonyl (C=O) groups excluding carboxylic acids is 1. The molecule has 0 amide bonds. The van der Waals surface area contributed by atoms with Crippen molar-refractivity contribution < 1.29 is 9.45 Å². The molecule has 0 unspecified atom stereocenters. The van der Waals surface area contributed by atoms with E-state index in [4.69, 9.17) is 21.7 Å². The summed E-state index contributed by atoms with van der Waals surface area (Å²) in [6, 6.07) is 9.61. The van der Waals surface area contributed by atoms with Gasteiger partial charge in [0.2, 0.25) is 0 Å². The van der Waals surface area contributed by atoms with Gasteiger partial charge in [0.25, 0.3) is 0 Å². The number of halogens is 1. The molecule has 0 saturated heterocycles. The monoisotopic (exact) mass is 236 g/mol. The molecule has 83 valence electrons. The molecule has 1 rings (SSSR count). The minimum absolute atomic E-state index is 0.0463. The van der Waals surface area contributed by atoms with Crippen LogP contribution in [-0.4, -0.2) is 25.5 Å². The van der Waals surface area contributed by atoms with Crippen LogP contribution in [0.2, 0.25) is 5.82 Å². The second kappa shape index (κ2) is 7.07. The second-order valence-electron chi connectivity index (χ2n) is 3.29. The average Bonchev–Trinajstić information content (AvgIpc) is 2.34. The number of alkyl halides is 1. The van der Waals surface area contributed by atoms with Crippen molar-refractivity contribution >= 4 is 31.3 Å². The molecule has 0 aliphatic rings. The van der Waals surface area contributed by atoms with Gasteiger partial charge >= 0.3 is 7.48 Å². The number of rotatable bonds is 7. The molecule has 0 spiro atoms. The van der Waals surface area contributed by atoms with Gasteiger partial charge in [0.15, 0.2) is 0 Å². The van der Waals surface area contributed by atoms with Crippen molar-refractivity contribution in [2.75, 3.05) is 5.88 Å². The summed E-state index contributed by atoms with van der Waals surface area (Å²) in [5.74, 6) is -0.552. The summed E-state index contributed by atoms with van der Waals surface area (Å²) in [5.41, 5.74) is 1.04. The molecule has 3 nitrogen and oxygen atoms in total. The highest BCUT2D eigenvalue weighted by Crippen LogP contribution is 2.15. The zero-order valence-electron chi connectivity index (χ0n) is 8.73. The van der Waals surface area contributed by atoms with E-state index < -0.39 is 5.82 Å². The van der Waals surface area contributed by atoms with Crippen LogP contribution in [0, 0.1) is 5.41 Å². The van der Waals surface area contributed by atoms with E-state index >= 15 is 0 Å². The van der Waals surface area contributed by atoms with Gasteiger partial charge in [-0.05, 0) is 12.0 Å². The maximum absolute atomic E-state index is 11.5. The molecule has 1 N–H and O–H groups in total. The first kappa shape index (κ1) is 12.8. The number of hydrogen-bond acceptors (Lipinski definition) is 3. The maximum Gasteiger partial charge on any atom is 0.382 e. The molecule has 1 aromatic carbocycles. The Morgan fingerprint density at radius 2 is 2.19 bits per heavy atom. The lowest BCUT2D eigenvalue weighted by atomic mass is 9.73. The van der Waals surface area contributed by atoms with Gasteiger partial charge in [-0.25, -0.2) is 0 Å². The van der Waals surface area contributed by atoms with Gasteiger partial charge in [0.1, 0.15) is 12.2 Å². The quantitative estimate of drug-likeness (QED) is 0.341. The van der Waals surface area contributed by atoms with Gasteiger partial charge in [-0.3, -0.25) is 10.2 Å². The molecule has 0 bridgehead atoms. The van der Waals surface area contributed by atoms with Crippen LogP contribution in [0.5, 0.6) is 0 Å². The number of ketones is 1. The standard InChI is InChI=1S/C11H12BClNO2/c13-7-11(15)10(12-16-8-14)6-9-4-2-1-3-5-9/h1-5,8,10,14H,6-7H2/t10-/m0/s1. The van der Waals surface area contributed by atoms with Crippen molar-refractivity contribution in [1.29, 1.82) is 5.41 Å². The summed E-state index contributed by atoms with van der Waals surface area (Å²) >= 11 is 5.51. The lowest BCUT2D eigenvalue weighted by molar-refractivity contribution is -0.116. The zero-order chi connectivity index (χ0) is 11.8. The summed E-state index contributed by atoms with van der Waals surface area (Å²) in [6.45, 7) is 0. The van der Waals surface area contributed by atoms with Crippen LogP contribution in [-0.2, 0) is 15.9 Å². The van der Waals surface area contributed by atoms with E-state index in [1.807, 2.05) is 30.3 Å². The normalized spacial score (nSPS) is 11.6. The van der Waals surface area contributed by atoms with Crippen molar-refractivity contribution in [3.63, 3.8) is 0 Å². The van der Waals surface area contributed by atoms with Crippen LogP contribution in [0.4, 0.5) is 0 Å². The summed E-state index contributed by atoms with van der Waals surface area (Å²) in [5, 5.41) is 6.75. The molecule has 0 aromatic heterocycles. The summed E-state index contributed by atoms with van der Waals surface area (Å²) in [4.78, 5) is 11.5. The Kier molecular flexibility index (Phi) is 5.64. The third-order valence-corrected chi connectivity index (χ3v) is 2.42. The number of hydrogen-bond donors (Lipinski definition) is 1. The molecule has 0 fully saturated rings. The van der Waals surface area contributed by atoms with Crippen molar-refractivity contribution in [3.05, 3.63) is 35.9 Å². The smallest absolute Gasteiger partial charge is 0.382 e. The highest BCUT2D eigenvalue weighted by molar-refractivity contribution is 6.43. The van der Waals surface area contributed by atoms with Gasteiger partial charge in [0, 0.05) is 5.82 Å². The predicted octanol–water partition coefficient (Wildman–Crippen LogP) is 2.07. The van der Waals surface area contributed by atoms with E-state index in [-0.39, 0.29) is 11.7 Å². The van der Waals surface area contributed by atoms with Crippen molar-refractivity contribution in [3.8, 4) is 0 Å². The Bertz CT molecular complexity index is 345. The van der Waals surface area contributed by atoms with E-state index in [2.05, 4.69) is 0 Å². The van der Waals surface area contributed by atoms with Crippen LogP contribution < -0.4 is 0 Å². The molecule has 16 heavy (non-hydrogen) atoms. The average molecular weight is 236 g/mol.